The van der Waals surface area contributed by atoms with Crippen LogP contribution in [-0.4, -0.2) is 12.1 Å². The minimum absolute atomic E-state index is 0.811. The summed E-state index contributed by atoms with van der Waals surface area (Å²) in [4.78, 5) is 0. The minimum Gasteiger partial charge on any atom is -0.311 e. The monoisotopic (exact) mass is 223 g/mol. The third kappa shape index (κ3) is 3.23. The first kappa shape index (κ1) is 12.4. The van der Waals surface area contributed by atoms with Crippen molar-refractivity contribution in [3.63, 3.8) is 0 Å². The van der Waals surface area contributed by atoms with Gasteiger partial charge in [0, 0.05) is 12.1 Å². The summed E-state index contributed by atoms with van der Waals surface area (Å²) in [5.41, 5.74) is 0. The highest BCUT2D eigenvalue weighted by Gasteiger charge is 2.32. The number of nitrogens with one attached hydrogen (secondary N) is 1. The maximum absolute atomic E-state index is 3.99. The molecule has 0 aromatic rings. The van der Waals surface area contributed by atoms with Crippen molar-refractivity contribution < 1.29 is 0 Å². The third-order valence-corrected chi connectivity index (χ3v) is 4.72. The van der Waals surface area contributed by atoms with Crippen molar-refractivity contribution in [1.82, 2.24) is 5.32 Å². The lowest BCUT2D eigenvalue weighted by molar-refractivity contribution is 0.236. The maximum atomic E-state index is 3.99. The molecule has 2 aliphatic rings. The third-order valence-electron chi connectivity index (χ3n) is 4.72. The molecule has 2 unspecified atom stereocenters. The van der Waals surface area contributed by atoms with Crippen LogP contribution in [0.4, 0.5) is 0 Å². The molecule has 1 nitrogen and oxygen atoms in total. The molecule has 0 bridgehead atoms. The molecule has 0 spiro atoms. The van der Waals surface area contributed by atoms with E-state index in [0.717, 1.165) is 23.9 Å². The molecule has 1 heteroatoms. The van der Waals surface area contributed by atoms with E-state index in [9.17, 15) is 0 Å². The molecule has 2 saturated carbocycles. The van der Waals surface area contributed by atoms with Crippen molar-refractivity contribution in [2.75, 3.05) is 0 Å². The van der Waals surface area contributed by atoms with Crippen LogP contribution in [0.2, 0.25) is 0 Å². The zero-order valence-electron chi connectivity index (χ0n) is 11.2. The summed E-state index contributed by atoms with van der Waals surface area (Å²) in [6, 6.07) is 1.64. The van der Waals surface area contributed by atoms with Gasteiger partial charge in [0.2, 0.25) is 0 Å². The van der Waals surface area contributed by atoms with Crippen LogP contribution in [0.25, 0.3) is 0 Å². The Hall–Kier alpha value is -0.0400. The topological polar surface area (TPSA) is 12.0 Å². The van der Waals surface area contributed by atoms with Crippen LogP contribution in [0.1, 0.15) is 71.6 Å². The fourth-order valence-corrected chi connectivity index (χ4v) is 3.48. The normalized spacial score (nSPS) is 26.6. The Morgan fingerprint density at radius 2 is 1.31 bits per heavy atom. The van der Waals surface area contributed by atoms with E-state index in [0.29, 0.717) is 0 Å². The summed E-state index contributed by atoms with van der Waals surface area (Å²) in [7, 11) is 0. The van der Waals surface area contributed by atoms with Gasteiger partial charge in [0.15, 0.2) is 0 Å². The Labute approximate surface area is 101 Å². The Morgan fingerprint density at radius 1 is 0.812 bits per heavy atom. The highest BCUT2D eigenvalue weighted by atomic mass is 15.0. The van der Waals surface area contributed by atoms with Crippen LogP contribution in [0.3, 0.4) is 0 Å². The zero-order chi connectivity index (χ0) is 11.4. The molecule has 0 heterocycles. The molecule has 0 radical (unpaired) electrons. The summed E-state index contributed by atoms with van der Waals surface area (Å²) in [5.74, 6) is 1.99. The molecule has 2 rings (SSSR count). The highest BCUT2D eigenvalue weighted by molar-refractivity contribution is 4.89. The van der Waals surface area contributed by atoms with Crippen LogP contribution in [0, 0.1) is 11.8 Å². The van der Waals surface area contributed by atoms with E-state index in [2.05, 4.69) is 19.2 Å². The van der Waals surface area contributed by atoms with E-state index >= 15 is 0 Å². The summed E-state index contributed by atoms with van der Waals surface area (Å²) >= 11 is 0. The van der Waals surface area contributed by atoms with Gasteiger partial charge in [-0.15, -0.1) is 0 Å². The van der Waals surface area contributed by atoms with Crippen molar-refractivity contribution in [2.24, 2.45) is 11.8 Å². The second-order valence-corrected chi connectivity index (χ2v) is 5.93. The van der Waals surface area contributed by atoms with Gasteiger partial charge in [-0.05, 0) is 50.4 Å². The van der Waals surface area contributed by atoms with Crippen LogP contribution >= 0.6 is 0 Å². The molecule has 2 aliphatic carbocycles. The molecule has 0 aromatic carbocycles. The van der Waals surface area contributed by atoms with Gasteiger partial charge in [0.25, 0.3) is 0 Å². The first-order chi connectivity index (χ1) is 7.85. The average Bonchev–Trinajstić information content (AvgIpc) is 3.16. The molecule has 16 heavy (non-hydrogen) atoms. The van der Waals surface area contributed by atoms with Gasteiger partial charge in [0.05, 0.1) is 0 Å². The zero-order valence-corrected chi connectivity index (χ0v) is 11.2. The van der Waals surface area contributed by atoms with Gasteiger partial charge in [-0.1, -0.05) is 33.1 Å². The number of hydrogen-bond acceptors (Lipinski definition) is 1. The van der Waals surface area contributed by atoms with Gasteiger partial charge >= 0.3 is 0 Å². The van der Waals surface area contributed by atoms with Crippen LogP contribution < -0.4 is 5.32 Å². The van der Waals surface area contributed by atoms with Gasteiger partial charge in [-0.25, -0.2) is 0 Å². The largest absolute Gasteiger partial charge is 0.311 e. The van der Waals surface area contributed by atoms with E-state index in [-0.39, 0.29) is 0 Å². The van der Waals surface area contributed by atoms with Crippen LogP contribution in [0.5, 0.6) is 0 Å². The molecular weight excluding hydrogens is 194 g/mol. The Morgan fingerprint density at radius 3 is 1.75 bits per heavy atom. The molecule has 1 N–H and O–H groups in total. The Balaban J connectivity index is 1.82. The van der Waals surface area contributed by atoms with Crippen molar-refractivity contribution in [1.29, 1.82) is 0 Å². The Bertz CT molecular complexity index is 192. The van der Waals surface area contributed by atoms with Crippen LogP contribution in [-0.2, 0) is 0 Å². The van der Waals surface area contributed by atoms with E-state index in [4.69, 9.17) is 0 Å². The molecule has 94 valence electrons. The van der Waals surface area contributed by atoms with Crippen molar-refractivity contribution in [3.05, 3.63) is 0 Å². The second kappa shape index (κ2) is 6.05. The average molecular weight is 223 g/mol. The van der Waals surface area contributed by atoms with Crippen molar-refractivity contribution in [2.45, 2.75) is 83.7 Å². The van der Waals surface area contributed by atoms with Crippen LogP contribution in [0.15, 0.2) is 0 Å². The fraction of sp³-hybridized carbons (Fsp3) is 1.00. The standard InChI is InChI=1S/C15H29N/c1-3-14(12-8-6-5-7-9-12)16-15(4-2)13-10-11-13/h12-16H,3-11H2,1-2H3. The van der Waals surface area contributed by atoms with E-state index in [1.165, 1.54) is 57.8 Å². The molecule has 0 aliphatic heterocycles. The molecule has 2 fully saturated rings. The molecule has 0 saturated heterocycles. The highest BCUT2D eigenvalue weighted by Crippen LogP contribution is 2.35. The van der Waals surface area contributed by atoms with Crippen molar-refractivity contribution in [3.8, 4) is 0 Å². The molecule has 0 amide bonds. The SMILES string of the molecule is CCC(NC(CC)C1CC1)C1CCCCC1. The lowest BCUT2D eigenvalue weighted by Crippen LogP contribution is -2.43. The predicted octanol–water partition coefficient (Wildman–Crippen LogP) is 4.12. The maximum Gasteiger partial charge on any atom is 0.00954 e. The summed E-state index contributed by atoms with van der Waals surface area (Å²) < 4.78 is 0. The fourth-order valence-electron chi connectivity index (χ4n) is 3.48. The smallest absolute Gasteiger partial charge is 0.00954 e. The first-order valence-corrected chi connectivity index (χ1v) is 7.61. The molecule has 0 aromatic heterocycles. The quantitative estimate of drug-likeness (QED) is 0.714. The minimum atomic E-state index is 0.811. The van der Waals surface area contributed by atoms with Crippen molar-refractivity contribution >= 4 is 0 Å². The lowest BCUT2D eigenvalue weighted by Gasteiger charge is -2.33. The first-order valence-electron chi connectivity index (χ1n) is 7.61. The van der Waals surface area contributed by atoms with Gasteiger partial charge in [-0.2, -0.15) is 0 Å². The second-order valence-electron chi connectivity index (χ2n) is 5.93. The van der Waals surface area contributed by atoms with E-state index in [1.54, 1.807) is 0 Å². The molecule has 2 atom stereocenters. The predicted molar refractivity (Wildman–Crippen MR) is 70.6 cm³/mol. The molecular formula is C15H29N. The summed E-state index contributed by atoms with van der Waals surface area (Å²) in [6.07, 6.45) is 13.0. The summed E-state index contributed by atoms with van der Waals surface area (Å²) in [5, 5.41) is 3.99. The Kier molecular flexibility index (Phi) is 4.69. The van der Waals surface area contributed by atoms with E-state index < -0.39 is 0 Å². The number of hydrogen-bond donors (Lipinski definition) is 1. The lowest BCUT2D eigenvalue weighted by atomic mass is 9.82. The van der Waals surface area contributed by atoms with Gasteiger partial charge in [-0.3, -0.25) is 0 Å². The van der Waals surface area contributed by atoms with Gasteiger partial charge in [0.1, 0.15) is 0 Å². The van der Waals surface area contributed by atoms with Gasteiger partial charge < -0.3 is 5.32 Å². The summed E-state index contributed by atoms with van der Waals surface area (Å²) in [6.45, 7) is 4.72. The van der Waals surface area contributed by atoms with E-state index in [1.807, 2.05) is 0 Å². The number of rotatable bonds is 6.